The molecule has 0 bridgehead atoms. The molecule has 0 unspecified atom stereocenters. The summed E-state index contributed by atoms with van der Waals surface area (Å²) in [5.74, 6) is -3.55. The number of ether oxygens (including phenoxy) is 1. The van der Waals surface area contributed by atoms with Gasteiger partial charge >= 0.3 is 11.9 Å². The Labute approximate surface area is 198 Å². The topological polar surface area (TPSA) is 135 Å². The minimum Gasteiger partial charge on any atom is -0.481 e. The van der Waals surface area contributed by atoms with E-state index in [-0.39, 0.29) is 42.2 Å². The predicted octanol–water partition coefficient (Wildman–Crippen LogP) is 2.43. The van der Waals surface area contributed by atoms with Crippen LogP contribution >= 0.6 is 0 Å². The van der Waals surface area contributed by atoms with Crippen LogP contribution in [-0.2, 0) is 28.7 Å². The second kappa shape index (κ2) is 8.26. The highest BCUT2D eigenvalue weighted by atomic mass is 16.5. The number of aliphatic carboxylic acids is 1. The van der Waals surface area contributed by atoms with Crippen molar-refractivity contribution in [3.05, 3.63) is 23.8 Å². The molecule has 0 aliphatic heterocycles. The largest absolute Gasteiger partial charge is 0.481 e. The SMILES string of the molecule is C[C@@H]1C[C@@H]2[C@H]3CCC4=CC(=O)C=C[C@]4(C)[C@@H]3C(=O)C[C@]2(C)[C@]1(O)C(=O)COC(=O)CCC(=O)O. The number of carboxylic acid groups (broad SMARTS) is 1. The van der Waals surface area contributed by atoms with Gasteiger partial charge in [-0.3, -0.25) is 24.0 Å². The van der Waals surface area contributed by atoms with Gasteiger partial charge in [-0.05, 0) is 49.2 Å². The maximum Gasteiger partial charge on any atom is 0.306 e. The number of esters is 1. The average molecular weight is 473 g/mol. The highest BCUT2D eigenvalue weighted by molar-refractivity contribution is 6.02. The van der Waals surface area contributed by atoms with Gasteiger partial charge in [-0.15, -0.1) is 0 Å². The van der Waals surface area contributed by atoms with Gasteiger partial charge in [0.05, 0.1) is 12.8 Å². The van der Waals surface area contributed by atoms with E-state index in [1.165, 1.54) is 6.08 Å². The van der Waals surface area contributed by atoms with E-state index in [2.05, 4.69) is 0 Å². The van der Waals surface area contributed by atoms with Gasteiger partial charge in [0.1, 0.15) is 11.4 Å². The van der Waals surface area contributed by atoms with Crippen molar-refractivity contribution < 1.29 is 38.9 Å². The minimum absolute atomic E-state index is 0.0189. The standard InChI is InChI=1S/C26H32O8/c1-14-10-18-17-5-4-15-11-16(27)8-9-24(15,2)23(17)19(28)12-25(18,3)26(14,33)20(29)13-34-22(32)7-6-21(30)31/h8-9,11,14,17-18,23,33H,4-7,10,12-13H2,1-3H3,(H,30,31)/t14-,17-,18-,23+,24+,25+,26-/m1/s1. The molecule has 3 fully saturated rings. The molecule has 0 radical (unpaired) electrons. The van der Waals surface area contributed by atoms with Crippen LogP contribution in [0.15, 0.2) is 23.8 Å². The van der Waals surface area contributed by atoms with E-state index in [4.69, 9.17) is 9.84 Å². The Morgan fingerprint density at radius 3 is 2.56 bits per heavy atom. The van der Waals surface area contributed by atoms with Crippen LogP contribution in [0.3, 0.4) is 0 Å². The van der Waals surface area contributed by atoms with Crippen LogP contribution in [-0.4, -0.2) is 51.7 Å². The number of rotatable bonds is 6. The van der Waals surface area contributed by atoms with Gasteiger partial charge in [0.25, 0.3) is 0 Å². The zero-order valence-corrected chi connectivity index (χ0v) is 19.8. The van der Waals surface area contributed by atoms with Gasteiger partial charge in [0.15, 0.2) is 12.4 Å². The fourth-order valence-electron chi connectivity index (χ4n) is 7.50. The summed E-state index contributed by atoms with van der Waals surface area (Å²) in [6.45, 7) is 4.94. The van der Waals surface area contributed by atoms with Gasteiger partial charge in [-0.1, -0.05) is 32.4 Å². The number of carboxylic acids is 1. The maximum absolute atomic E-state index is 13.6. The van der Waals surface area contributed by atoms with Gasteiger partial charge in [0, 0.05) is 23.2 Å². The molecule has 3 saturated carbocycles. The molecule has 34 heavy (non-hydrogen) atoms. The summed E-state index contributed by atoms with van der Waals surface area (Å²) < 4.78 is 4.99. The molecule has 0 spiro atoms. The maximum atomic E-state index is 13.6. The van der Waals surface area contributed by atoms with Gasteiger partial charge in [-0.2, -0.15) is 0 Å². The number of carbonyl (C=O) groups excluding carboxylic acids is 4. The number of carbonyl (C=O) groups is 5. The molecule has 0 aromatic heterocycles. The summed E-state index contributed by atoms with van der Waals surface area (Å²) in [4.78, 5) is 61.3. The first kappa shape index (κ1) is 24.5. The van der Waals surface area contributed by atoms with E-state index in [9.17, 15) is 29.1 Å². The molecule has 4 rings (SSSR count). The Morgan fingerprint density at radius 1 is 1.18 bits per heavy atom. The van der Waals surface area contributed by atoms with Crippen molar-refractivity contribution in [1.82, 2.24) is 0 Å². The second-order valence-corrected chi connectivity index (χ2v) is 10.9. The highest BCUT2D eigenvalue weighted by Gasteiger charge is 2.70. The highest BCUT2D eigenvalue weighted by Crippen LogP contribution is 2.67. The Bertz CT molecular complexity index is 1020. The summed E-state index contributed by atoms with van der Waals surface area (Å²) in [5, 5.41) is 20.5. The summed E-state index contributed by atoms with van der Waals surface area (Å²) in [6.07, 6.45) is 6.27. The molecule has 0 saturated heterocycles. The lowest BCUT2D eigenvalue weighted by molar-refractivity contribution is -0.176. The predicted molar refractivity (Wildman–Crippen MR) is 119 cm³/mol. The van der Waals surface area contributed by atoms with Gasteiger partial charge < -0.3 is 14.9 Å². The Balaban J connectivity index is 1.58. The molecular weight excluding hydrogens is 440 g/mol. The summed E-state index contributed by atoms with van der Waals surface area (Å²) >= 11 is 0. The van der Waals surface area contributed by atoms with Crippen molar-refractivity contribution in [2.24, 2.45) is 34.5 Å². The Hall–Kier alpha value is -2.61. The fourth-order valence-corrected chi connectivity index (χ4v) is 7.50. The van der Waals surface area contributed by atoms with E-state index in [1.54, 1.807) is 19.9 Å². The van der Waals surface area contributed by atoms with Crippen molar-refractivity contribution in [2.75, 3.05) is 6.61 Å². The first-order valence-corrected chi connectivity index (χ1v) is 11.9. The van der Waals surface area contributed by atoms with Crippen LogP contribution < -0.4 is 0 Å². The third-order valence-corrected chi connectivity index (χ3v) is 9.17. The quantitative estimate of drug-likeness (QED) is 0.563. The molecule has 184 valence electrons. The van der Waals surface area contributed by atoms with Crippen LogP contribution in [0.5, 0.6) is 0 Å². The van der Waals surface area contributed by atoms with Crippen LogP contribution in [0, 0.1) is 34.5 Å². The fraction of sp³-hybridized carbons (Fsp3) is 0.654. The number of ketones is 3. The minimum atomic E-state index is -1.83. The first-order valence-electron chi connectivity index (χ1n) is 11.9. The van der Waals surface area contributed by atoms with Crippen LogP contribution in [0.1, 0.15) is 59.3 Å². The lowest BCUT2D eigenvalue weighted by Gasteiger charge is -2.56. The van der Waals surface area contributed by atoms with Gasteiger partial charge in [0.2, 0.25) is 5.78 Å². The van der Waals surface area contributed by atoms with Crippen molar-refractivity contribution in [3.63, 3.8) is 0 Å². The number of fused-ring (bicyclic) bond motifs is 5. The van der Waals surface area contributed by atoms with Crippen LogP contribution in [0.25, 0.3) is 0 Å². The average Bonchev–Trinajstić information content (AvgIpc) is 2.97. The second-order valence-electron chi connectivity index (χ2n) is 10.9. The molecule has 4 aliphatic rings. The Morgan fingerprint density at radius 2 is 1.88 bits per heavy atom. The molecule has 4 aliphatic carbocycles. The molecule has 0 amide bonds. The van der Waals surface area contributed by atoms with E-state index < -0.39 is 53.1 Å². The normalized spacial score (nSPS) is 40.6. The molecule has 0 aromatic carbocycles. The van der Waals surface area contributed by atoms with Crippen molar-refractivity contribution in [2.45, 2.75) is 64.9 Å². The zero-order chi connectivity index (χ0) is 25.1. The molecule has 8 nitrogen and oxygen atoms in total. The summed E-state index contributed by atoms with van der Waals surface area (Å²) in [5.41, 5.74) is -2.39. The molecule has 2 N–H and O–H groups in total. The number of Topliss-reactive ketones (excluding diaryl/α,β-unsaturated/α-hetero) is 2. The summed E-state index contributed by atoms with van der Waals surface area (Å²) in [7, 11) is 0. The molecule has 8 heteroatoms. The van der Waals surface area contributed by atoms with Crippen LogP contribution in [0.2, 0.25) is 0 Å². The van der Waals surface area contributed by atoms with E-state index in [1.807, 2.05) is 13.0 Å². The number of allylic oxidation sites excluding steroid dienone is 4. The van der Waals surface area contributed by atoms with Crippen molar-refractivity contribution in [3.8, 4) is 0 Å². The monoisotopic (exact) mass is 472 g/mol. The van der Waals surface area contributed by atoms with Crippen molar-refractivity contribution in [1.29, 1.82) is 0 Å². The molecular formula is C26H32O8. The van der Waals surface area contributed by atoms with E-state index in [0.717, 1.165) is 5.57 Å². The molecule has 0 aromatic rings. The Kier molecular flexibility index (Phi) is 5.95. The lowest BCUT2D eigenvalue weighted by Crippen LogP contribution is -2.62. The smallest absolute Gasteiger partial charge is 0.306 e. The van der Waals surface area contributed by atoms with Crippen molar-refractivity contribution >= 4 is 29.3 Å². The van der Waals surface area contributed by atoms with E-state index in [0.29, 0.717) is 19.3 Å². The van der Waals surface area contributed by atoms with E-state index >= 15 is 0 Å². The number of hydrogen-bond acceptors (Lipinski definition) is 7. The number of hydrogen-bond donors (Lipinski definition) is 2. The third kappa shape index (κ3) is 3.49. The molecule has 0 heterocycles. The summed E-state index contributed by atoms with van der Waals surface area (Å²) in [6, 6.07) is 0. The van der Waals surface area contributed by atoms with Crippen LogP contribution in [0.4, 0.5) is 0 Å². The zero-order valence-electron chi connectivity index (χ0n) is 19.8. The third-order valence-electron chi connectivity index (χ3n) is 9.17. The lowest BCUT2D eigenvalue weighted by atomic mass is 9.46. The van der Waals surface area contributed by atoms with Gasteiger partial charge in [-0.25, -0.2) is 0 Å². The first-order chi connectivity index (χ1) is 15.8. The molecule has 7 atom stereocenters. The number of aliphatic hydroxyl groups is 1.